The summed E-state index contributed by atoms with van der Waals surface area (Å²) in [7, 11) is 2.20. The number of hydrogen-bond acceptors (Lipinski definition) is 7. The van der Waals surface area contributed by atoms with Crippen LogP contribution >= 0.6 is 22.6 Å². The van der Waals surface area contributed by atoms with Crippen LogP contribution in [0, 0.1) is 3.57 Å². The molecule has 2 aromatic carbocycles. The first-order chi connectivity index (χ1) is 19.4. The van der Waals surface area contributed by atoms with Crippen molar-refractivity contribution in [2.45, 2.75) is 32.6 Å². The van der Waals surface area contributed by atoms with Gasteiger partial charge in [0, 0.05) is 29.4 Å². The Kier molecular flexibility index (Phi) is 11.4. The molecule has 2 N–H and O–H groups in total. The lowest BCUT2D eigenvalue weighted by atomic mass is 9.99. The molecule has 2 aromatic rings. The van der Waals surface area contributed by atoms with Crippen LogP contribution in [0.15, 0.2) is 30.3 Å². The second-order valence-corrected chi connectivity index (χ2v) is 9.53. The van der Waals surface area contributed by atoms with Crippen LogP contribution in [0.1, 0.15) is 57.7 Å². The molecule has 16 heteroatoms. The summed E-state index contributed by atoms with van der Waals surface area (Å²) in [6.07, 6.45) is -7.25. The van der Waals surface area contributed by atoms with E-state index < -0.39 is 47.2 Å². The average Bonchev–Trinajstić information content (AvgIpc) is 3.42. The predicted octanol–water partition coefficient (Wildman–Crippen LogP) is 6.27. The highest BCUT2D eigenvalue weighted by atomic mass is 127. The normalized spacial score (nSPS) is 12.7. The van der Waals surface area contributed by atoms with E-state index in [2.05, 4.69) is 20.1 Å². The van der Waals surface area contributed by atoms with Gasteiger partial charge in [-0.2, -0.15) is 26.3 Å². The third-order valence-corrected chi connectivity index (χ3v) is 6.17. The Morgan fingerprint density at radius 3 is 1.62 bits per heavy atom. The van der Waals surface area contributed by atoms with Gasteiger partial charge in [-0.3, -0.25) is 9.59 Å². The fourth-order valence-electron chi connectivity index (χ4n) is 3.58. The minimum atomic E-state index is -4.68. The van der Waals surface area contributed by atoms with Gasteiger partial charge >= 0.3 is 24.3 Å². The Morgan fingerprint density at radius 2 is 1.24 bits per heavy atom. The molecular formula is C26H23F6IN2O7. The molecule has 2 amide bonds. The quantitative estimate of drug-likeness (QED) is 0.213. The molecule has 1 heterocycles. The van der Waals surface area contributed by atoms with Crippen molar-refractivity contribution in [2.24, 2.45) is 0 Å². The Morgan fingerprint density at radius 1 is 0.786 bits per heavy atom. The van der Waals surface area contributed by atoms with Crippen LogP contribution in [0.4, 0.5) is 37.7 Å². The Balaban J connectivity index is 0.000000299. The van der Waals surface area contributed by atoms with Gasteiger partial charge < -0.3 is 24.8 Å². The molecule has 1 aliphatic rings. The second kappa shape index (κ2) is 13.9. The zero-order valence-corrected chi connectivity index (χ0v) is 24.5. The summed E-state index contributed by atoms with van der Waals surface area (Å²) in [5.74, 6) is -2.82. The van der Waals surface area contributed by atoms with E-state index in [1.165, 1.54) is 28.7 Å². The summed E-state index contributed by atoms with van der Waals surface area (Å²) in [5.41, 5.74) is -2.99. The molecule has 42 heavy (non-hydrogen) atoms. The number of rotatable bonds is 5. The monoisotopic (exact) mass is 716 g/mol. The standard InChI is InChI=1S/C15H14F3NO4.C11H9F3INO3/c1-8(20)19-12-7-11(15(16,17)18)9(13-4-3-5-23-13)6-10(12)14(21)22-2;1-5(17)16-9-4-7(11(12,13)14)8(15)3-6(9)10(18)19-2/h4,6-7H,3,5H2,1-2H3,(H,19,20);3-4H,1-2H3,(H,16,17). The van der Waals surface area contributed by atoms with Crippen LogP contribution in [-0.4, -0.2) is 44.6 Å². The number of methoxy groups -OCH3 is 2. The second-order valence-electron chi connectivity index (χ2n) is 8.37. The number of nitrogens with one attached hydrogen (secondary N) is 2. The lowest BCUT2D eigenvalue weighted by Crippen LogP contribution is -2.16. The highest BCUT2D eigenvalue weighted by Crippen LogP contribution is 2.40. The number of halogens is 7. The van der Waals surface area contributed by atoms with Gasteiger partial charge in [-0.15, -0.1) is 0 Å². The molecule has 0 aromatic heterocycles. The van der Waals surface area contributed by atoms with Gasteiger partial charge in [0.1, 0.15) is 5.76 Å². The van der Waals surface area contributed by atoms with E-state index >= 15 is 0 Å². The van der Waals surface area contributed by atoms with Crippen molar-refractivity contribution < 1.29 is 59.7 Å². The molecule has 0 bridgehead atoms. The molecule has 0 saturated carbocycles. The van der Waals surface area contributed by atoms with E-state index in [4.69, 9.17) is 4.74 Å². The van der Waals surface area contributed by atoms with E-state index in [9.17, 15) is 45.5 Å². The number of anilines is 2. The van der Waals surface area contributed by atoms with Gasteiger partial charge in [-0.1, -0.05) is 0 Å². The van der Waals surface area contributed by atoms with E-state index in [-0.39, 0.29) is 44.0 Å². The summed E-state index contributed by atoms with van der Waals surface area (Å²) >= 11 is 1.47. The molecule has 0 spiro atoms. The number of hydrogen-bond donors (Lipinski definition) is 2. The molecule has 1 aliphatic heterocycles. The van der Waals surface area contributed by atoms with Crippen molar-refractivity contribution in [3.8, 4) is 0 Å². The maximum absolute atomic E-state index is 13.3. The first-order valence-electron chi connectivity index (χ1n) is 11.6. The summed E-state index contributed by atoms with van der Waals surface area (Å²) < 4.78 is 92.3. The van der Waals surface area contributed by atoms with Crippen molar-refractivity contribution in [1.82, 2.24) is 0 Å². The Labute approximate surface area is 248 Å². The van der Waals surface area contributed by atoms with Crippen molar-refractivity contribution in [3.05, 3.63) is 61.7 Å². The number of carbonyl (C=O) groups is 4. The molecule has 3 rings (SSSR count). The molecule has 0 saturated heterocycles. The zero-order valence-electron chi connectivity index (χ0n) is 22.3. The first-order valence-corrected chi connectivity index (χ1v) is 12.7. The summed E-state index contributed by atoms with van der Waals surface area (Å²) in [6.45, 7) is 2.53. The highest BCUT2D eigenvalue weighted by Gasteiger charge is 2.37. The predicted molar refractivity (Wildman–Crippen MR) is 145 cm³/mol. The van der Waals surface area contributed by atoms with Gasteiger partial charge in [0.15, 0.2) is 0 Å². The van der Waals surface area contributed by atoms with Gasteiger partial charge in [-0.05, 0) is 52.9 Å². The number of carbonyl (C=O) groups excluding carboxylic acids is 4. The topological polar surface area (TPSA) is 120 Å². The number of amides is 2. The van der Waals surface area contributed by atoms with Crippen molar-refractivity contribution in [1.29, 1.82) is 0 Å². The molecule has 0 atom stereocenters. The molecule has 0 unspecified atom stereocenters. The first kappa shape index (κ1) is 34.4. The minimum absolute atomic E-state index is 0.0526. The van der Waals surface area contributed by atoms with Gasteiger partial charge in [0.05, 0.1) is 54.5 Å². The van der Waals surface area contributed by atoms with Gasteiger partial charge in [-0.25, -0.2) is 9.59 Å². The molecule has 0 fully saturated rings. The Hall–Kier alpha value is -3.83. The molecule has 0 aliphatic carbocycles. The Bertz CT molecular complexity index is 1420. The zero-order chi connectivity index (χ0) is 32.0. The average molecular weight is 716 g/mol. The van der Waals surface area contributed by atoms with Gasteiger partial charge in [0.25, 0.3) is 0 Å². The van der Waals surface area contributed by atoms with Crippen LogP contribution in [0.2, 0.25) is 0 Å². The third-order valence-electron chi connectivity index (χ3n) is 5.28. The molecular weight excluding hydrogens is 693 g/mol. The van der Waals surface area contributed by atoms with Crippen LogP contribution < -0.4 is 10.6 Å². The number of benzene rings is 2. The van der Waals surface area contributed by atoms with Crippen LogP contribution in [0.5, 0.6) is 0 Å². The SMILES string of the molecule is COC(=O)c1cc(C2=CCCO2)c(C(F)(F)F)cc1NC(C)=O.COC(=O)c1cc(I)c(C(F)(F)F)cc1NC(C)=O. The number of alkyl halides is 6. The van der Waals surface area contributed by atoms with Gasteiger partial charge in [0.2, 0.25) is 11.8 Å². The lowest BCUT2D eigenvalue weighted by Gasteiger charge is -2.18. The van der Waals surface area contributed by atoms with Crippen molar-refractivity contribution in [2.75, 3.05) is 31.5 Å². The third kappa shape index (κ3) is 8.83. The van der Waals surface area contributed by atoms with Crippen molar-refractivity contribution in [3.63, 3.8) is 0 Å². The van der Waals surface area contributed by atoms with Crippen LogP contribution in [-0.2, 0) is 36.2 Å². The van der Waals surface area contributed by atoms with E-state index in [1.807, 2.05) is 0 Å². The summed E-state index contributed by atoms with van der Waals surface area (Å²) in [6, 6.07) is 3.48. The molecule has 228 valence electrons. The maximum atomic E-state index is 13.3. The highest BCUT2D eigenvalue weighted by molar-refractivity contribution is 14.1. The minimum Gasteiger partial charge on any atom is -0.493 e. The number of esters is 2. The van der Waals surface area contributed by atoms with E-state index in [0.717, 1.165) is 46.3 Å². The van der Waals surface area contributed by atoms with E-state index in [0.29, 0.717) is 12.5 Å². The fraction of sp³-hybridized carbons (Fsp3) is 0.308. The lowest BCUT2D eigenvalue weighted by molar-refractivity contribution is -0.138. The van der Waals surface area contributed by atoms with E-state index in [1.54, 1.807) is 0 Å². The molecule has 0 radical (unpaired) electrons. The summed E-state index contributed by atoms with van der Waals surface area (Å²) in [5, 5.41) is 4.40. The largest absolute Gasteiger partial charge is 0.493 e. The number of ether oxygens (including phenoxy) is 3. The van der Waals surface area contributed by atoms with Crippen LogP contribution in [0.25, 0.3) is 5.76 Å². The van der Waals surface area contributed by atoms with Crippen LogP contribution in [0.3, 0.4) is 0 Å². The maximum Gasteiger partial charge on any atom is 0.417 e. The van der Waals surface area contributed by atoms with Crippen molar-refractivity contribution >= 4 is 63.5 Å². The fourth-order valence-corrected chi connectivity index (χ4v) is 4.35. The molecule has 9 nitrogen and oxygen atoms in total. The summed E-state index contributed by atoms with van der Waals surface area (Å²) in [4.78, 5) is 45.5. The smallest absolute Gasteiger partial charge is 0.417 e.